The van der Waals surface area contributed by atoms with Gasteiger partial charge in [-0.3, -0.25) is 9.59 Å². The lowest BCUT2D eigenvalue weighted by Crippen LogP contribution is -2.22. The molecule has 0 bridgehead atoms. The summed E-state index contributed by atoms with van der Waals surface area (Å²) in [5.41, 5.74) is 2.33. The van der Waals surface area contributed by atoms with Gasteiger partial charge in [0.1, 0.15) is 0 Å². The van der Waals surface area contributed by atoms with E-state index in [9.17, 15) is 9.59 Å². The maximum Gasteiger partial charge on any atom is 0.248 e. The zero-order valence-corrected chi connectivity index (χ0v) is 13.7. The van der Waals surface area contributed by atoms with Gasteiger partial charge in [0.05, 0.1) is 0 Å². The Hall–Kier alpha value is -2.59. The van der Waals surface area contributed by atoms with E-state index in [2.05, 4.69) is 5.32 Å². The smallest absolute Gasteiger partial charge is 0.248 e. The minimum atomic E-state index is -0.229. The summed E-state index contributed by atoms with van der Waals surface area (Å²) in [6, 6.07) is 14.3. The molecule has 23 heavy (non-hydrogen) atoms. The van der Waals surface area contributed by atoms with Gasteiger partial charge in [-0.1, -0.05) is 23.7 Å². The lowest BCUT2D eigenvalue weighted by Gasteiger charge is -2.15. The second-order valence-electron chi connectivity index (χ2n) is 5.00. The molecular weight excluding hydrogens is 312 g/mol. The third-order valence-electron chi connectivity index (χ3n) is 3.29. The van der Waals surface area contributed by atoms with Crippen LogP contribution in [0.4, 0.5) is 11.4 Å². The second kappa shape index (κ2) is 7.61. The highest BCUT2D eigenvalue weighted by atomic mass is 35.5. The van der Waals surface area contributed by atoms with Crippen molar-refractivity contribution in [1.82, 2.24) is 0 Å². The van der Waals surface area contributed by atoms with Crippen LogP contribution in [0.25, 0.3) is 6.08 Å². The first kappa shape index (κ1) is 16.8. The summed E-state index contributed by atoms with van der Waals surface area (Å²) < 4.78 is 0. The highest BCUT2D eigenvalue weighted by Gasteiger charge is 2.05. The Kier molecular flexibility index (Phi) is 5.55. The van der Waals surface area contributed by atoms with Crippen LogP contribution < -0.4 is 10.2 Å². The minimum absolute atomic E-state index is 0.0484. The fourth-order valence-corrected chi connectivity index (χ4v) is 2.01. The Morgan fingerprint density at radius 1 is 1.04 bits per heavy atom. The Balaban J connectivity index is 1.97. The van der Waals surface area contributed by atoms with Gasteiger partial charge in [0.15, 0.2) is 0 Å². The highest BCUT2D eigenvalue weighted by Crippen LogP contribution is 2.17. The molecule has 5 heteroatoms. The Morgan fingerprint density at radius 3 is 2.22 bits per heavy atom. The fourth-order valence-electron chi connectivity index (χ4n) is 1.88. The van der Waals surface area contributed by atoms with Crippen LogP contribution in [0.5, 0.6) is 0 Å². The number of anilines is 2. The summed E-state index contributed by atoms with van der Waals surface area (Å²) in [6.07, 6.45) is 3.17. The van der Waals surface area contributed by atoms with Crippen LogP contribution in [0.1, 0.15) is 12.5 Å². The monoisotopic (exact) mass is 328 g/mol. The summed E-state index contributed by atoms with van der Waals surface area (Å²) in [4.78, 5) is 24.7. The maximum atomic E-state index is 11.9. The topological polar surface area (TPSA) is 49.4 Å². The van der Waals surface area contributed by atoms with Crippen molar-refractivity contribution in [3.8, 4) is 0 Å². The minimum Gasteiger partial charge on any atom is -0.323 e. The van der Waals surface area contributed by atoms with Gasteiger partial charge in [0.2, 0.25) is 11.8 Å². The van der Waals surface area contributed by atoms with Crippen molar-refractivity contribution >= 4 is 40.9 Å². The summed E-state index contributed by atoms with van der Waals surface area (Å²) in [7, 11) is 1.70. The first-order valence-corrected chi connectivity index (χ1v) is 7.42. The molecule has 0 saturated carbocycles. The third-order valence-corrected chi connectivity index (χ3v) is 3.54. The van der Waals surface area contributed by atoms with Crippen LogP contribution in [-0.2, 0) is 9.59 Å². The van der Waals surface area contributed by atoms with Crippen molar-refractivity contribution < 1.29 is 9.59 Å². The van der Waals surface area contributed by atoms with Crippen LogP contribution >= 0.6 is 11.6 Å². The molecule has 118 valence electrons. The van der Waals surface area contributed by atoms with Gasteiger partial charge in [-0.2, -0.15) is 0 Å². The fraction of sp³-hybridized carbons (Fsp3) is 0.111. The predicted molar refractivity (Wildman–Crippen MR) is 94.6 cm³/mol. The normalized spacial score (nSPS) is 10.6. The second-order valence-corrected chi connectivity index (χ2v) is 5.44. The summed E-state index contributed by atoms with van der Waals surface area (Å²) >= 11 is 5.81. The molecule has 0 radical (unpaired) electrons. The molecule has 0 aliphatic carbocycles. The number of rotatable bonds is 4. The molecule has 0 aromatic heterocycles. The van der Waals surface area contributed by atoms with Gasteiger partial charge >= 0.3 is 0 Å². The van der Waals surface area contributed by atoms with E-state index >= 15 is 0 Å². The van der Waals surface area contributed by atoms with Gasteiger partial charge in [0.25, 0.3) is 0 Å². The molecule has 0 spiro atoms. The van der Waals surface area contributed by atoms with E-state index in [1.807, 2.05) is 12.1 Å². The summed E-state index contributed by atoms with van der Waals surface area (Å²) in [5.74, 6) is -0.277. The number of benzene rings is 2. The average molecular weight is 329 g/mol. The molecule has 0 unspecified atom stereocenters. The van der Waals surface area contributed by atoms with Crippen LogP contribution in [0.2, 0.25) is 5.02 Å². The first-order chi connectivity index (χ1) is 11.0. The van der Waals surface area contributed by atoms with Gasteiger partial charge in [-0.25, -0.2) is 0 Å². The molecule has 1 N–H and O–H groups in total. The van der Waals surface area contributed by atoms with E-state index in [1.54, 1.807) is 49.5 Å². The quantitative estimate of drug-likeness (QED) is 0.863. The zero-order valence-electron chi connectivity index (χ0n) is 12.9. The first-order valence-electron chi connectivity index (χ1n) is 7.05. The predicted octanol–water partition coefficient (Wildman–Crippen LogP) is 3.97. The van der Waals surface area contributed by atoms with Crippen molar-refractivity contribution in [2.24, 2.45) is 0 Å². The van der Waals surface area contributed by atoms with Crippen LogP contribution in [0, 0.1) is 0 Å². The molecule has 2 amide bonds. The number of hydrogen-bond donors (Lipinski definition) is 1. The van der Waals surface area contributed by atoms with Crippen molar-refractivity contribution in [3.63, 3.8) is 0 Å². The van der Waals surface area contributed by atoms with Gasteiger partial charge < -0.3 is 10.2 Å². The third kappa shape index (κ3) is 4.97. The molecule has 0 fully saturated rings. The molecule has 0 heterocycles. The molecule has 0 aliphatic heterocycles. The molecule has 2 aromatic rings. The van der Waals surface area contributed by atoms with E-state index < -0.39 is 0 Å². The maximum absolute atomic E-state index is 11.9. The summed E-state index contributed by atoms with van der Waals surface area (Å²) in [5, 5.41) is 3.42. The zero-order chi connectivity index (χ0) is 16.8. The van der Waals surface area contributed by atoms with E-state index in [-0.39, 0.29) is 11.8 Å². The van der Waals surface area contributed by atoms with Gasteiger partial charge in [-0.15, -0.1) is 0 Å². The van der Waals surface area contributed by atoms with Crippen LogP contribution in [0.3, 0.4) is 0 Å². The molecule has 2 aromatic carbocycles. The molecule has 2 rings (SSSR count). The average Bonchev–Trinajstić information content (AvgIpc) is 2.54. The van der Waals surface area contributed by atoms with Crippen LogP contribution in [-0.4, -0.2) is 18.9 Å². The SMILES string of the molecule is CC(=O)N(C)c1ccc(NC(=O)/C=C/c2ccc(Cl)cc2)cc1. The van der Waals surface area contributed by atoms with E-state index in [0.717, 1.165) is 11.3 Å². The molecule has 0 atom stereocenters. The lowest BCUT2D eigenvalue weighted by atomic mass is 10.2. The highest BCUT2D eigenvalue weighted by molar-refractivity contribution is 6.30. The number of amides is 2. The number of nitrogens with zero attached hydrogens (tertiary/aromatic N) is 1. The number of nitrogens with one attached hydrogen (secondary N) is 1. The lowest BCUT2D eigenvalue weighted by molar-refractivity contribution is -0.116. The number of carbonyl (C=O) groups is 2. The Labute approximate surface area is 140 Å². The van der Waals surface area contributed by atoms with Gasteiger partial charge in [0, 0.05) is 36.4 Å². The van der Waals surface area contributed by atoms with Crippen molar-refractivity contribution in [1.29, 1.82) is 0 Å². The molecular formula is C18H17ClN2O2. The van der Waals surface area contributed by atoms with Gasteiger partial charge in [-0.05, 0) is 48.0 Å². The van der Waals surface area contributed by atoms with E-state index in [4.69, 9.17) is 11.6 Å². The van der Waals surface area contributed by atoms with E-state index in [0.29, 0.717) is 10.7 Å². The Morgan fingerprint density at radius 2 is 1.65 bits per heavy atom. The van der Waals surface area contributed by atoms with Crippen molar-refractivity contribution in [3.05, 3.63) is 65.2 Å². The van der Waals surface area contributed by atoms with E-state index in [1.165, 1.54) is 17.9 Å². The van der Waals surface area contributed by atoms with Crippen molar-refractivity contribution in [2.75, 3.05) is 17.3 Å². The number of carbonyl (C=O) groups excluding carboxylic acids is 2. The Bertz CT molecular complexity index is 722. The largest absolute Gasteiger partial charge is 0.323 e. The number of hydrogen-bond acceptors (Lipinski definition) is 2. The standard InChI is InChI=1S/C18H17ClN2O2/c1-13(22)21(2)17-10-8-16(9-11-17)20-18(23)12-5-14-3-6-15(19)7-4-14/h3-12H,1-2H3,(H,20,23)/b12-5+. The molecule has 0 saturated heterocycles. The number of halogens is 1. The molecule has 4 nitrogen and oxygen atoms in total. The summed E-state index contributed by atoms with van der Waals surface area (Å²) in [6.45, 7) is 1.50. The van der Waals surface area contributed by atoms with Crippen molar-refractivity contribution in [2.45, 2.75) is 6.92 Å². The van der Waals surface area contributed by atoms with Crippen LogP contribution in [0.15, 0.2) is 54.6 Å². The molecule has 0 aliphatic rings.